The van der Waals surface area contributed by atoms with Crippen LogP contribution in [0.4, 0.5) is 0 Å². The molecule has 0 fully saturated rings. The second kappa shape index (κ2) is 7.65. The minimum absolute atomic E-state index is 0.307. The highest BCUT2D eigenvalue weighted by molar-refractivity contribution is 6.31. The Hall–Kier alpha value is -0.730. The fourth-order valence-electron chi connectivity index (χ4n) is 1.94. The van der Waals surface area contributed by atoms with Crippen LogP contribution in [0.5, 0.6) is 5.75 Å². The molecule has 1 atom stereocenters. The van der Waals surface area contributed by atoms with Crippen LogP contribution in [-0.4, -0.2) is 12.6 Å². The summed E-state index contributed by atoms with van der Waals surface area (Å²) in [4.78, 5) is 0. The Morgan fingerprint density at radius 1 is 1.33 bits per heavy atom. The van der Waals surface area contributed by atoms with Gasteiger partial charge in [0.2, 0.25) is 0 Å². The number of benzene rings is 1. The van der Waals surface area contributed by atoms with Gasteiger partial charge in [-0.25, -0.2) is 0 Å². The van der Waals surface area contributed by atoms with Crippen LogP contribution in [0, 0.1) is 6.92 Å². The van der Waals surface area contributed by atoms with Gasteiger partial charge in [0.15, 0.2) is 0 Å². The third-order valence-electron chi connectivity index (χ3n) is 3.19. The standard InChI is InChI=1S/C15H24ClNO/c1-4-13(17)8-6-7-12-10-14(16)11(3)9-15(12)18-5-2/h9-10,13H,4-8,17H2,1-3H3. The number of rotatable bonds is 7. The van der Waals surface area contributed by atoms with Crippen LogP contribution in [0.2, 0.25) is 5.02 Å². The van der Waals surface area contributed by atoms with Crippen LogP contribution in [0.15, 0.2) is 12.1 Å². The fraction of sp³-hybridized carbons (Fsp3) is 0.600. The molecule has 102 valence electrons. The highest BCUT2D eigenvalue weighted by atomic mass is 35.5. The summed E-state index contributed by atoms with van der Waals surface area (Å²) in [6.07, 6.45) is 4.14. The van der Waals surface area contributed by atoms with Crippen LogP contribution >= 0.6 is 11.6 Å². The van der Waals surface area contributed by atoms with E-state index in [9.17, 15) is 0 Å². The van der Waals surface area contributed by atoms with E-state index in [-0.39, 0.29) is 0 Å². The van der Waals surface area contributed by atoms with Gasteiger partial charge in [-0.05, 0) is 62.8 Å². The zero-order valence-electron chi connectivity index (χ0n) is 11.6. The third-order valence-corrected chi connectivity index (χ3v) is 3.59. The molecule has 1 unspecified atom stereocenters. The lowest BCUT2D eigenvalue weighted by atomic mass is 10.0. The lowest BCUT2D eigenvalue weighted by molar-refractivity contribution is 0.335. The van der Waals surface area contributed by atoms with E-state index in [2.05, 4.69) is 6.92 Å². The maximum absolute atomic E-state index is 6.17. The molecule has 0 aliphatic rings. The number of hydrogen-bond acceptors (Lipinski definition) is 2. The van der Waals surface area contributed by atoms with Crippen molar-refractivity contribution in [2.75, 3.05) is 6.61 Å². The smallest absolute Gasteiger partial charge is 0.122 e. The van der Waals surface area contributed by atoms with Crippen molar-refractivity contribution in [3.63, 3.8) is 0 Å². The van der Waals surface area contributed by atoms with Crippen molar-refractivity contribution in [2.24, 2.45) is 5.73 Å². The molecule has 0 aliphatic heterocycles. The lowest BCUT2D eigenvalue weighted by Crippen LogP contribution is -2.18. The summed E-state index contributed by atoms with van der Waals surface area (Å²) in [7, 11) is 0. The topological polar surface area (TPSA) is 35.2 Å². The molecule has 1 rings (SSSR count). The summed E-state index contributed by atoms with van der Waals surface area (Å²) in [5.41, 5.74) is 8.19. The van der Waals surface area contributed by atoms with Gasteiger partial charge in [0.05, 0.1) is 6.61 Å². The van der Waals surface area contributed by atoms with Crippen molar-refractivity contribution in [3.05, 3.63) is 28.3 Å². The molecule has 0 bridgehead atoms. The van der Waals surface area contributed by atoms with Crippen molar-refractivity contribution in [1.29, 1.82) is 0 Å². The van der Waals surface area contributed by atoms with Gasteiger partial charge in [0, 0.05) is 11.1 Å². The molecule has 0 saturated carbocycles. The average molecular weight is 270 g/mol. The molecule has 3 heteroatoms. The van der Waals surface area contributed by atoms with Crippen molar-refractivity contribution < 1.29 is 4.74 Å². The molecule has 0 radical (unpaired) electrons. The van der Waals surface area contributed by atoms with Gasteiger partial charge < -0.3 is 10.5 Å². The largest absolute Gasteiger partial charge is 0.494 e. The fourth-order valence-corrected chi connectivity index (χ4v) is 2.13. The molecule has 2 N–H and O–H groups in total. The molecule has 1 aromatic rings. The molecule has 0 aromatic heterocycles. The van der Waals surface area contributed by atoms with Crippen LogP contribution in [0.25, 0.3) is 0 Å². The van der Waals surface area contributed by atoms with E-state index < -0.39 is 0 Å². The van der Waals surface area contributed by atoms with E-state index in [1.807, 2.05) is 26.0 Å². The third kappa shape index (κ3) is 4.51. The molecule has 0 saturated heterocycles. The SMILES string of the molecule is CCOc1cc(C)c(Cl)cc1CCCC(N)CC. The summed E-state index contributed by atoms with van der Waals surface area (Å²) in [5, 5.41) is 0.813. The first-order valence-corrected chi connectivity index (χ1v) is 7.13. The summed E-state index contributed by atoms with van der Waals surface area (Å²) in [5.74, 6) is 0.962. The quantitative estimate of drug-likeness (QED) is 0.809. The van der Waals surface area contributed by atoms with Gasteiger partial charge >= 0.3 is 0 Å². The molecule has 0 heterocycles. The van der Waals surface area contributed by atoms with Crippen molar-refractivity contribution in [3.8, 4) is 5.75 Å². The zero-order chi connectivity index (χ0) is 13.5. The van der Waals surface area contributed by atoms with E-state index in [0.717, 1.165) is 42.0 Å². The van der Waals surface area contributed by atoms with Gasteiger partial charge in [0.25, 0.3) is 0 Å². The number of nitrogens with two attached hydrogens (primary N) is 1. The maximum Gasteiger partial charge on any atom is 0.122 e. The van der Waals surface area contributed by atoms with Gasteiger partial charge in [-0.3, -0.25) is 0 Å². The number of ether oxygens (including phenoxy) is 1. The second-order valence-electron chi connectivity index (χ2n) is 4.70. The predicted octanol–water partition coefficient (Wildman–Crippen LogP) is 4.11. The highest BCUT2D eigenvalue weighted by Gasteiger charge is 2.08. The van der Waals surface area contributed by atoms with E-state index in [1.54, 1.807) is 0 Å². The van der Waals surface area contributed by atoms with Crippen molar-refractivity contribution in [2.45, 2.75) is 52.5 Å². The Balaban J connectivity index is 2.70. The molecule has 0 spiro atoms. The number of aryl methyl sites for hydroxylation is 2. The number of hydrogen-bond donors (Lipinski definition) is 1. The summed E-state index contributed by atoms with van der Waals surface area (Å²) in [6.45, 7) is 6.81. The summed E-state index contributed by atoms with van der Waals surface area (Å²) >= 11 is 6.17. The zero-order valence-corrected chi connectivity index (χ0v) is 12.4. The van der Waals surface area contributed by atoms with E-state index in [4.69, 9.17) is 22.1 Å². The highest BCUT2D eigenvalue weighted by Crippen LogP contribution is 2.28. The van der Waals surface area contributed by atoms with Crippen LogP contribution in [0.1, 0.15) is 44.2 Å². The van der Waals surface area contributed by atoms with Gasteiger partial charge in [-0.15, -0.1) is 0 Å². The van der Waals surface area contributed by atoms with Crippen LogP contribution in [0.3, 0.4) is 0 Å². The molecule has 18 heavy (non-hydrogen) atoms. The van der Waals surface area contributed by atoms with Crippen molar-refractivity contribution >= 4 is 11.6 Å². The van der Waals surface area contributed by atoms with E-state index >= 15 is 0 Å². The Morgan fingerprint density at radius 2 is 2.06 bits per heavy atom. The lowest BCUT2D eigenvalue weighted by Gasteiger charge is -2.13. The van der Waals surface area contributed by atoms with E-state index in [1.165, 1.54) is 5.56 Å². The van der Waals surface area contributed by atoms with Gasteiger partial charge in [-0.2, -0.15) is 0 Å². The molecule has 0 aliphatic carbocycles. The Kier molecular flexibility index (Phi) is 6.51. The van der Waals surface area contributed by atoms with E-state index in [0.29, 0.717) is 12.6 Å². The van der Waals surface area contributed by atoms with Gasteiger partial charge in [-0.1, -0.05) is 18.5 Å². The molecule has 0 amide bonds. The average Bonchev–Trinajstić information content (AvgIpc) is 2.35. The van der Waals surface area contributed by atoms with Crippen LogP contribution < -0.4 is 10.5 Å². The second-order valence-corrected chi connectivity index (χ2v) is 5.11. The summed E-state index contributed by atoms with van der Waals surface area (Å²) < 4.78 is 5.67. The first-order valence-electron chi connectivity index (χ1n) is 6.75. The molecular weight excluding hydrogens is 246 g/mol. The van der Waals surface area contributed by atoms with Crippen molar-refractivity contribution in [1.82, 2.24) is 0 Å². The molecule has 2 nitrogen and oxygen atoms in total. The first kappa shape index (κ1) is 15.3. The molecule has 1 aromatic carbocycles. The molecular formula is C15H24ClNO. The van der Waals surface area contributed by atoms with Crippen LogP contribution in [-0.2, 0) is 6.42 Å². The Labute approximate surface area is 115 Å². The minimum Gasteiger partial charge on any atom is -0.494 e. The maximum atomic E-state index is 6.17. The Bertz CT molecular complexity index is 379. The van der Waals surface area contributed by atoms with Gasteiger partial charge in [0.1, 0.15) is 5.75 Å². The summed E-state index contributed by atoms with van der Waals surface area (Å²) in [6, 6.07) is 4.36. The normalized spacial score (nSPS) is 12.5. The first-order chi connectivity index (χ1) is 8.58. The monoisotopic (exact) mass is 269 g/mol. The number of halogens is 1. The Morgan fingerprint density at radius 3 is 2.67 bits per heavy atom. The predicted molar refractivity (Wildman–Crippen MR) is 78.6 cm³/mol. The minimum atomic E-state index is 0.307.